The van der Waals surface area contributed by atoms with Crippen LogP contribution in [0.5, 0.6) is 0 Å². The first-order chi connectivity index (χ1) is 11.7. The van der Waals surface area contributed by atoms with Gasteiger partial charge in [-0.2, -0.15) is 0 Å². The average molecular weight is 387 g/mol. The van der Waals surface area contributed by atoms with Gasteiger partial charge in [0.1, 0.15) is 6.54 Å². The van der Waals surface area contributed by atoms with Gasteiger partial charge >= 0.3 is 5.97 Å². The second-order valence-electron chi connectivity index (χ2n) is 5.78. The fourth-order valence-corrected chi connectivity index (χ4v) is 2.95. The molecular formula is C16H16Cl2N2O5. The van der Waals surface area contributed by atoms with Crippen molar-refractivity contribution in [3.8, 4) is 0 Å². The van der Waals surface area contributed by atoms with Gasteiger partial charge in [0.2, 0.25) is 11.8 Å². The lowest BCUT2D eigenvalue weighted by atomic mass is 9.90. The molecule has 2 amide bonds. The van der Waals surface area contributed by atoms with E-state index in [2.05, 4.69) is 5.32 Å². The number of ketones is 1. The van der Waals surface area contributed by atoms with Gasteiger partial charge in [-0.15, -0.1) is 0 Å². The Morgan fingerprint density at radius 1 is 1.28 bits per heavy atom. The van der Waals surface area contributed by atoms with Crippen LogP contribution in [0.1, 0.15) is 18.9 Å². The normalized spacial score (nSPS) is 20.5. The van der Waals surface area contributed by atoms with Gasteiger partial charge in [-0.1, -0.05) is 29.3 Å². The quantitative estimate of drug-likeness (QED) is 0.746. The summed E-state index contributed by atoms with van der Waals surface area (Å²) in [6.45, 7) is 1.21. The van der Waals surface area contributed by atoms with E-state index in [1.807, 2.05) is 0 Å². The van der Waals surface area contributed by atoms with Crippen LogP contribution in [-0.2, 0) is 25.7 Å². The number of benzene rings is 1. The Morgan fingerprint density at radius 3 is 2.56 bits per heavy atom. The summed E-state index contributed by atoms with van der Waals surface area (Å²) in [5.74, 6) is -4.87. The third-order valence-electron chi connectivity index (χ3n) is 3.89. The summed E-state index contributed by atoms with van der Waals surface area (Å²) in [6, 6.07) is 4.52. The maximum absolute atomic E-state index is 12.6. The van der Waals surface area contributed by atoms with E-state index in [1.54, 1.807) is 25.1 Å². The van der Waals surface area contributed by atoms with Gasteiger partial charge in [-0.05, 0) is 24.6 Å². The summed E-state index contributed by atoms with van der Waals surface area (Å²) in [5.41, 5.74) is 0.702. The predicted octanol–water partition coefficient (Wildman–Crippen LogP) is 1.50. The molecule has 0 aliphatic carbocycles. The number of hydrogen-bond donors (Lipinski definition) is 2. The Morgan fingerprint density at radius 2 is 1.96 bits per heavy atom. The minimum absolute atomic E-state index is 0.0121. The molecule has 134 valence electrons. The molecule has 1 aliphatic heterocycles. The van der Waals surface area contributed by atoms with Gasteiger partial charge in [-0.25, -0.2) is 0 Å². The van der Waals surface area contributed by atoms with Crippen LogP contribution in [0.25, 0.3) is 0 Å². The predicted molar refractivity (Wildman–Crippen MR) is 90.2 cm³/mol. The molecular weight excluding hydrogens is 371 g/mol. The zero-order valence-electron chi connectivity index (χ0n) is 13.3. The lowest BCUT2D eigenvalue weighted by Crippen LogP contribution is -2.55. The number of hydrogen-bond acceptors (Lipinski definition) is 4. The fraction of sp³-hybridized carbons (Fsp3) is 0.375. The monoisotopic (exact) mass is 386 g/mol. The largest absolute Gasteiger partial charge is 0.480 e. The van der Waals surface area contributed by atoms with Gasteiger partial charge in [0.15, 0.2) is 11.7 Å². The van der Waals surface area contributed by atoms with E-state index in [0.29, 0.717) is 15.6 Å². The molecule has 25 heavy (non-hydrogen) atoms. The molecule has 1 heterocycles. The molecule has 1 fully saturated rings. The smallest absolute Gasteiger partial charge is 0.322 e. The SMILES string of the molecule is CC1CC(=O)C(C(=O)NCC(=O)O)C(=O)N1Cc1ccc(Cl)c(Cl)c1. The summed E-state index contributed by atoms with van der Waals surface area (Å²) in [6.07, 6.45) is 0.0121. The number of piperidine rings is 1. The highest BCUT2D eigenvalue weighted by Gasteiger charge is 2.43. The van der Waals surface area contributed by atoms with Crippen molar-refractivity contribution in [2.75, 3.05) is 6.54 Å². The number of likely N-dealkylation sites (tertiary alicyclic amines) is 1. The number of rotatable bonds is 5. The highest BCUT2D eigenvalue weighted by Crippen LogP contribution is 2.26. The van der Waals surface area contributed by atoms with Gasteiger partial charge in [0.05, 0.1) is 10.0 Å². The molecule has 2 rings (SSSR count). The number of halogens is 2. The number of Topliss-reactive ketones (excluding diaryl/α,β-unsaturated/α-hetero) is 1. The zero-order valence-corrected chi connectivity index (χ0v) is 14.8. The van der Waals surface area contributed by atoms with E-state index in [0.717, 1.165) is 0 Å². The number of amides is 2. The molecule has 0 saturated carbocycles. The molecule has 2 unspecified atom stereocenters. The van der Waals surface area contributed by atoms with Crippen molar-refractivity contribution in [1.82, 2.24) is 10.2 Å². The van der Waals surface area contributed by atoms with Crippen molar-refractivity contribution >= 4 is 46.8 Å². The molecule has 0 spiro atoms. The van der Waals surface area contributed by atoms with Crippen molar-refractivity contribution in [2.45, 2.75) is 25.9 Å². The molecule has 7 nitrogen and oxygen atoms in total. The topological polar surface area (TPSA) is 104 Å². The van der Waals surface area contributed by atoms with E-state index >= 15 is 0 Å². The van der Waals surface area contributed by atoms with Gasteiger partial charge < -0.3 is 15.3 Å². The van der Waals surface area contributed by atoms with Gasteiger partial charge in [-0.3, -0.25) is 19.2 Å². The van der Waals surface area contributed by atoms with E-state index in [9.17, 15) is 19.2 Å². The van der Waals surface area contributed by atoms with Crippen molar-refractivity contribution in [2.24, 2.45) is 5.92 Å². The maximum atomic E-state index is 12.6. The van der Waals surface area contributed by atoms with Crippen LogP contribution in [0.3, 0.4) is 0 Å². The summed E-state index contributed by atoms with van der Waals surface area (Å²) < 4.78 is 0. The molecule has 1 aliphatic rings. The third kappa shape index (κ3) is 4.49. The Labute approximate surface area is 153 Å². The zero-order chi connectivity index (χ0) is 18.7. The number of carboxylic acid groups (broad SMARTS) is 1. The Kier molecular flexibility index (Phi) is 6.02. The standard InChI is InChI=1S/C16H16Cl2N2O5/c1-8-4-12(21)14(15(24)19-6-13(22)23)16(25)20(8)7-9-2-3-10(17)11(18)5-9/h2-3,5,8,14H,4,6-7H2,1H3,(H,19,24)(H,22,23). The number of aliphatic carboxylic acids is 1. The molecule has 1 aromatic carbocycles. The molecule has 9 heteroatoms. The summed E-state index contributed by atoms with van der Waals surface area (Å²) in [7, 11) is 0. The summed E-state index contributed by atoms with van der Waals surface area (Å²) >= 11 is 11.8. The molecule has 1 saturated heterocycles. The maximum Gasteiger partial charge on any atom is 0.322 e. The summed E-state index contributed by atoms with van der Waals surface area (Å²) in [4.78, 5) is 48.7. The fourth-order valence-electron chi connectivity index (χ4n) is 2.63. The van der Waals surface area contributed by atoms with Gasteiger partial charge in [0.25, 0.3) is 0 Å². The second kappa shape index (κ2) is 7.84. The molecule has 2 atom stereocenters. The van der Waals surface area contributed by atoms with E-state index in [4.69, 9.17) is 28.3 Å². The van der Waals surface area contributed by atoms with Crippen molar-refractivity contribution in [3.05, 3.63) is 33.8 Å². The number of carbonyl (C=O) groups excluding carboxylic acids is 3. The minimum atomic E-state index is -1.53. The van der Waals surface area contributed by atoms with E-state index in [1.165, 1.54) is 4.90 Å². The van der Waals surface area contributed by atoms with Crippen LogP contribution in [0.15, 0.2) is 18.2 Å². The number of carbonyl (C=O) groups is 4. The van der Waals surface area contributed by atoms with E-state index < -0.39 is 42.1 Å². The van der Waals surface area contributed by atoms with Crippen LogP contribution >= 0.6 is 23.2 Å². The molecule has 1 aromatic rings. The van der Waals surface area contributed by atoms with Crippen molar-refractivity contribution in [1.29, 1.82) is 0 Å². The van der Waals surface area contributed by atoms with Crippen molar-refractivity contribution in [3.63, 3.8) is 0 Å². The Balaban J connectivity index is 2.18. The van der Waals surface area contributed by atoms with Crippen LogP contribution in [0.4, 0.5) is 0 Å². The van der Waals surface area contributed by atoms with Gasteiger partial charge in [0, 0.05) is 19.0 Å². The van der Waals surface area contributed by atoms with Crippen molar-refractivity contribution < 1.29 is 24.3 Å². The lowest BCUT2D eigenvalue weighted by molar-refractivity contribution is -0.154. The average Bonchev–Trinajstić information content (AvgIpc) is 2.52. The molecule has 0 radical (unpaired) electrons. The number of nitrogens with zero attached hydrogens (tertiary/aromatic N) is 1. The van der Waals surface area contributed by atoms with Crippen LogP contribution < -0.4 is 5.32 Å². The Bertz CT molecular complexity index is 737. The highest BCUT2D eigenvalue weighted by molar-refractivity contribution is 6.42. The molecule has 0 bridgehead atoms. The number of nitrogens with one attached hydrogen (secondary N) is 1. The first-order valence-corrected chi connectivity index (χ1v) is 8.23. The first kappa shape index (κ1) is 19.2. The highest BCUT2D eigenvalue weighted by atomic mass is 35.5. The lowest BCUT2D eigenvalue weighted by Gasteiger charge is -2.36. The Hall–Kier alpha value is -2.12. The summed E-state index contributed by atoms with van der Waals surface area (Å²) in [5, 5.41) is 11.4. The third-order valence-corrected chi connectivity index (χ3v) is 4.63. The molecule has 0 aromatic heterocycles. The van der Waals surface area contributed by atoms with Crippen LogP contribution in [-0.4, -0.2) is 46.2 Å². The number of carboxylic acids is 1. The van der Waals surface area contributed by atoms with E-state index in [-0.39, 0.29) is 13.0 Å². The van der Waals surface area contributed by atoms with Crippen LogP contribution in [0.2, 0.25) is 10.0 Å². The van der Waals surface area contributed by atoms with Crippen LogP contribution in [0, 0.1) is 5.92 Å². The minimum Gasteiger partial charge on any atom is -0.480 e. The molecule has 2 N–H and O–H groups in total. The second-order valence-corrected chi connectivity index (χ2v) is 6.59. The first-order valence-electron chi connectivity index (χ1n) is 7.47.